The van der Waals surface area contributed by atoms with Crippen LogP contribution in [0, 0.1) is 0 Å². The first-order valence-corrected chi connectivity index (χ1v) is 11.4. The molecule has 2 aromatic carbocycles. The fourth-order valence-corrected chi connectivity index (χ4v) is 5.07. The molecule has 7 nitrogen and oxygen atoms in total. The summed E-state index contributed by atoms with van der Waals surface area (Å²) in [6.07, 6.45) is 1.79. The van der Waals surface area contributed by atoms with Crippen LogP contribution in [0.4, 0.5) is 5.69 Å². The van der Waals surface area contributed by atoms with Crippen molar-refractivity contribution in [3.63, 3.8) is 0 Å². The molecule has 1 saturated heterocycles. The molecule has 0 unspecified atom stereocenters. The van der Waals surface area contributed by atoms with Crippen LogP contribution in [0.25, 0.3) is 11.1 Å². The quantitative estimate of drug-likeness (QED) is 0.697. The molecule has 1 heterocycles. The molecule has 0 bridgehead atoms. The van der Waals surface area contributed by atoms with E-state index in [1.54, 1.807) is 21.3 Å². The number of hydrogen-bond donors (Lipinski definition) is 2. The summed E-state index contributed by atoms with van der Waals surface area (Å²) in [6.45, 7) is 3.86. The number of piperazine rings is 1. The molecule has 0 spiro atoms. The van der Waals surface area contributed by atoms with E-state index in [0.717, 1.165) is 67.0 Å². The normalized spacial score (nSPS) is 18.4. The van der Waals surface area contributed by atoms with Gasteiger partial charge in [-0.2, -0.15) is 0 Å². The highest BCUT2D eigenvalue weighted by atomic mass is 16.5. The molecule has 3 N–H and O–H groups in total. The van der Waals surface area contributed by atoms with Crippen molar-refractivity contribution >= 4 is 5.69 Å². The summed E-state index contributed by atoms with van der Waals surface area (Å²) in [4.78, 5) is 17.1. The van der Waals surface area contributed by atoms with Gasteiger partial charge in [0.05, 0.1) is 67.3 Å². The first-order chi connectivity index (χ1) is 15.5. The predicted octanol–water partition coefficient (Wildman–Crippen LogP) is 0.255. The number of benzene rings is 1. The Kier molecular flexibility index (Phi) is 6.58. The van der Waals surface area contributed by atoms with E-state index in [-0.39, 0.29) is 11.5 Å². The van der Waals surface area contributed by atoms with E-state index >= 15 is 0 Å². The minimum absolute atomic E-state index is 0.0838. The zero-order valence-electron chi connectivity index (χ0n) is 19.8. The lowest BCUT2D eigenvalue weighted by atomic mass is 9.95. The first kappa shape index (κ1) is 22.4. The highest BCUT2D eigenvalue weighted by Crippen LogP contribution is 2.49. The second-order valence-electron chi connectivity index (χ2n) is 8.70. The maximum absolute atomic E-state index is 13.4. The number of hydrogen-bond acceptors (Lipinski definition) is 5. The van der Waals surface area contributed by atoms with Gasteiger partial charge < -0.3 is 29.3 Å². The van der Waals surface area contributed by atoms with E-state index in [2.05, 4.69) is 30.4 Å². The lowest BCUT2D eigenvalue weighted by Gasteiger charge is -2.30. The SMILES string of the molecule is C[NH2+][C@H]1CCc2cc(OC)c(OC)c(OC)c2-c2ccc(N3CC[NH+](C)CC3)c(=O)cc21. The lowest BCUT2D eigenvalue weighted by Crippen LogP contribution is -3.12. The molecule has 2 aliphatic rings. The maximum Gasteiger partial charge on any atom is 0.203 e. The average molecular weight is 442 g/mol. The number of nitrogens with two attached hydrogens (primary N) is 1. The Balaban J connectivity index is 1.96. The Morgan fingerprint density at radius 1 is 1.03 bits per heavy atom. The van der Waals surface area contributed by atoms with E-state index < -0.39 is 0 Å². The van der Waals surface area contributed by atoms with Crippen LogP contribution in [0.2, 0.25) is 0 Å². The number of methoxy groups -OCH3 is 3. The third-order valence-corrected chi connectivity index (χ3v) is 6.92. The van der Waals surface area contributed by atoms with Crippen molar-refractivity contribution in [2.45, 2.75) is 18.9 Å². The molecule has 1 fully saturated rings. The summed E-state index contributed by atoms with van der Waals surface area (Å²) in [7, 11) is 9.21. The highest BCUT2D eigenvalue weighted by molar-refractivity contribution is 5.82. The standard InChI is InChI=1S/C25H33N3O4/c1-26-19-8-6-16-14-22(30-3)24(31-4)25(32-5)23(16)17-7-9-20(21(29)15-18(17)19)28-12-10-27(2)11-13-28/h7,9,14-15,19,26H,6,8,10-13H2,1-5H3/p+2/t19-/m0/s1. The van der Waals surface area contributed by atoms with Crippen LogP contribution >= 0.6 is 0 Å². The maximum atomic E-state index is 13.4. The molecule has 0 amide bonds. The number of anilines is 1. The topological polar surface area (TPSA) is 69.0 Å². The molecule has 172 valence electrons. The molecule has 32 heavy (non-hydrogen) atoms. The van der Waals surface area contributed by atoms with Gasteiger partial charge in [0.15, 0.2) is 11.5 Å². The molecule has 1 aliphatic carbocycles. The number of fused-ring (bicyclic) bond motifs is 3. The Hall–Kier alpha value is -2.77. The Bertz CT molecular complexity index is 1050. The predicted molar refractivity (Wildman–Crippen MR) is 126 cm³/mol. The van der Waals surface area contributed by atoms with Crippen LogP contribution < -0.4 is 34.8 Å². The van der Waals surface area contributed by atoms with Gasteiger partial charge in [-0.3, -0.25) is 4.79 Å². The van der Waals surface area contributed by atoms with Crippen LogP contribution in [0.3, 0.4) is 0 Å². The average Bonchev–Trinajstić information content (AvgIpc) is 3.06. The molecule has 2 aromatic rings. The zero-order valence-corrected chi connectivity index (χ0v) is 19.8. The third kappa shape index (κ3) is 3.91. The van der Waals surface area contributed by atoms with Gasteiger partial charge in [0.2, 0.25) is 11.2 Å². The third-order valence-electron chi connectivity index (χ3n) is 6.92. The second kappa shape index (κ2) is 9.38. The molecule has 0 aromatic heterocycles. The fraction of sp³-hybridized carbons (Fsp3) is 0.480. The van der Waals surface area contributed by atoms with Gasteiger partial charge in [0.1, 0.15) is 6.04 Å². The van der Waals surface area contributed by atoms with E-state index in [0.29, 0.717) is 17.2 Å². The van der Waals surface area contributed by atoms with E-state index in [1.807, 2.05) is 18.2 Å². The van der Waals surface area contributed by atoms with Gasteiger partial charge in [-0.05, 0) is 35.7 Å². The van der Waals surface area contributed by atoms with Crippen molar-refractivity contribution in [2.24, 2.45) is 0 Å². The largest absolute Gasteiger partial charge is 0.493 e. The van der Waals surface area contributed by atoms with Crippen molar-refractivity contribution in [2.75, 3.05) is 66.5 Å². The molecule has 7 heteroatoms. The number of likely N-dealkylation sites (N-methyl/N-ethyl adjacent to an activating group) is 1. The Labute approximate surface area is 189 Å². The smallest absolute Gasteiger partial charge is 0.203 e. The molecular weight excluding hydrogens is 406 g/mol. The van der Waals surface area contributed by atoms with Crippen molar-refractivity contribution in [1.29, 1.82) is 0 Å². The van der Waals surface area contributed by atoms with Crippen LogP contribution in [0.1, 0.15) is 23.6 Å². The molecule has 0 radical (unpaired) electrons. The number of rotatable bonds is 5. The highest BCUT2D eigenvalue weighted by Gasteiger charge is 2.30. The van der Waals surface area contributed by atoms with Crippen molar-refractivity contribution in [3.8, 4) is 28.4 Å². The fourth-order valence-electron chi connectivity index (χ4n) is 5.07. The van der Waals surface area contributed by atoms with E-state index in [1.165, 1.54) is 4.90 Å². The van der Waals surface area contributed by atoms with Gasteiger partial charge in [-0.15, -0.1) is 0 Å². The number of nitrogens with one attached hydrogen (secondary N) is 1. The van der Waals surface area contributed by atoms with Crippen LogP contribution in [0.15, 0.2) is 29.1 Å². The van der Waals surface area contributed by atoms with Crippen molar-refractivity contribution < 1.29 is 24.4 Å². The minimum Gasteiger partial charge on any atom is -0.493 e. The monoisotopic (exact) mass is 441 g/mol. The Morgan fingerprint density at radius 3 is 2.38 bits per heavy atom. The number of nitrogens with zero attached hydrogens (tertiary/aromatic N) is 1. The zero-order chi connectivity index (χ0) is 22.8. The Morgan fingerprint density at radius 2 is 1.75 bits per heavy atom. The molecule has 1 aliphatic heterocycles. The van der Waals surface area contributed by atoms with Crippen LogP contribution in [-0.4, -0.2) is 61.6 Å². The summed E-state index contributed by atoms with van der Waals surface area (Å²) in [6, 6.07) is 8.19. The van der Waals surface area contributed by atoms with E-state index in [4.69, 9.17) is 14.2 Å². The summed E-state index contributed by atoms with van der Waals surface area (Å²) >= 11 is 0. The molecule has 0 saturated carbocycles. The lowest BCUT2D eigenvalue weighted by molar-refractivity contribution is -0.880. The van der Waals surface area contributed by atoms with E-state index in [9.17, 15) is 4.79 Å². The minimum atomic E-state index is 0.0838. The summed E-state index contributed by atoms with van der Waals surface area (Å²) < 4.78 is 17.2. The van der Waals surface area contributed by atoms with Gasteiger partial charge >= 0.3 is 0 Å². The van der Waals surface area contributed by atoms with Gasteiger partial charge in [0.25, 0.3) is 0 Å². The first-order valence-electron chi connectivity index (χ1n) is 11.4. The molecule has 1 atom stereocenters. The summed E-state index contributed by atoms with van der Waals surface area (Å²) in [5, 5.41) is 2.20. The summed E-state index contributed by atoms with van der Waals surface area (Å²) in [5.74, 6) is 1.90. The molecule has 4 rings (SSSR count). The van der Waals surface area contributed by atoms with Crippen molar-refractivity contribution in [1.82, 2.24) is 0 Å². The number of aryl methyl sites for hydroxylation is 1. The van der Waals surface area contributed by atoms with Gasteiger partial charge in [-0.1, -0.05) is 6.07 Å². The number of quaternary nitrogens is 2. The van der Waals surface area contributed by atoms with Crippen LogP contribution in [0.5, 0.6) is 17.2 Å². The number of ether oxygens (including phenoxy) is 3. The second-order valence-corrected chi connectivity index (χ2v) is 8.70. The van der Waals surface area contributed by atoms with Gasteiger partial charge in [0, 0.05) is 17.5 Å². The van der Waals surface area contributed by atoms with Gasteiger partial charge in [-0.25, -0.2) is 0 Å². The molecular formula is C25H35N3O4+2. The van der Waals surface area contributed by atoms with Crippen molar-refractivity contribution in [3.05, 3.63) is 45.6 Å². The summed E-state index contributed by atoms with van der Waals surface area (Å²) in [5.41, 5.74) is 5.08. The van der Waals surface area contributed by atoms with Crippen LogP contribution in [-0.2, 0) is 6.42 Å².